The minimum atomic E-state index is -0.519. The Morgan fingerprint density at radius 2 is 2.00 bits per heavy atom. The van der Waals surface area contributed by atoms with Gasteiger partial charge in [-0.25, -0.2) is 14.8 Å². The molecule has 3 N–H and O–H groups in total. The van der Waals surface area contributed by atoms with Crippen molar-refractivity contribution >= 4 is 39.4 Å². The van der Waals surface area contributed by atoms with Gasteiger partial charge in [0.15, 0.2) is 0 Å². The number of carbonyl (C=O) groups is 2. The molecule has 1 amide bonds. The van der Waals surface area contributed by atoms with Crippen molar-refractivity contribution in [3.63, 3.8) is 0 Å². The number of nitrogens with one attached hydrogen (secondary N) is 1. The van der Waals surface area contributed by atoms with Gasteiger partial charge in [-0.05, 0) is 67.7 Å². The van der Waals surface area contributed by atoms with E-state index in [9.17, 15) is 9.59 Å². The fourth-order valence-corrected chi connectivity index (χ4v) is 3.55. The smallest absolute Gasteiger partial charge is 0.407 e. The number of nitrogens with zero attached hydrogens (tertiary/aromatic N) is 3. The monoisotopic (exact) mass is 481 g/mol. The van der Waals surface area contributed by atoms with Crippen LogP contribution in [0.2, 0.25) is 0 Å². The van der Waals surface area contributed by atoms with E-state index in [-0.39, 0.29) is 21.9 Å². The number of hydrogen-bond donors (Lipinski definition) is 2. The van der Waals surface area contributed by atoms with Crippen molar-refractivity contribution in [3.8, 4) is 0 Å². The van der Waals surface area contributed by atoms with E-state index >= 15 is 0 Å². The fourth-order valence-electron chi connectivity index (χ4n) is 3.22. The molecule has 0 aliphatic carbocycles. The molecule has 8 nitrogen and oxygen atoms in total. The number of anilines is 2. The summed E-state index contributed by atoms with van der Waals surface area (Å²) >= 11 is 3.31. The largest absolute Gasteiger partial charge is 0.444 e. The lowest BCUT2D eigenvalue weighted by molar-refractivity contribution is 0.0497. The average molecular weight is 482 g/mol. The van der Waals surface area contributed by atoms with Crippen LogP contribution in [0.25, 0.3) is 0 Å². The molecule has 1 fully saturated rings. The zero-order chi connectivity index (χ0) is 21.9. The van der Waals surface area contributed by atoms with Crippen LogP contribution < -0.4 is 16.0 Å². The Labute approximate surface area is 188 Å². The number of halogens is 1. The predicted molar refractivity (Wildman–Crippen MR) is 125 cm³/mol. The molecule has 30 heavy (non-hydrogen) atoms. The maximum Gasteiger partial charge on any atom is 0.407 e. The van der Waals surface area contributed by atoms with Gasteiger partial charge < -0.3 is 20.7 Å². The van der Waals surface area contributed by atoms with Gasteiger partial charge in [0, 0.05) is 34.1 Å². The van der Waals surface area contributed by atoms with Crippen LogP contribution >= 0.6 is 15.9 Å². The summed E-state index contributed by atoms with van der Waals surface area (Å²) in [5.41, 5.74) is 5.97. The number of carbonyl (C=O) groups excluding carboxylic acids is 2. The zero-order valence-corrected chi connectivity index (χ0v) is 18.9. The molecule has 1 aliphatic rings. The van der Waals surface area contributed by atoms with Gasteiger partial charge in [-0.3, -0.25) is 4.79 Å². The molecule has 9 heteroatoms. The van der Waals surface area contributed by atoms with Gasteiger partial charge in [0.25, 0.3) is 0 Å². The van der Waals surface area contributed by atoms with Gasteiger partial charge in [-0.2, -0.15) is 0 Å². The van der Waals surface area contributed by atoms with Gasteiger partial charge in [-0.1, -0.05) is 6.07 Å². The minimum absolute atomic E-state index is 0. The van der Waals surface area contributed by atoms with Crippen molar-refractivity contribution in [1.29, 1.82) is 0 Å². The Balaban J connectivity index is 0.00000341. The van der Waals surface area contributed by atoms with Crippen LogP contribution in [0.4, 0.5) is 16.4 Å². The molecule has 3 heterocycles. The SMILES string of the molecule is CC(C)(C)OC(=O)NC1CCN(c2cccc(C(=O)c3cc(Br)cnc3N)n2)CC1.[HH].[HH].[HH]. The molecular formula is C21H32BrN5O3. The summed E-state index contributed by atoms with van der Waals surface area (Å²) in [5, 5.41) is 2.92. The van der Waals surface area contributed by atoms with E-state index in [1.165, 1.54) is 0 Å². The first-order chi connectivity index (χ1) is 14.1. The third kappa shape index (κ3) is 5.69. The van der Waals surface area contributed by atoms with E-state index in [1.807, 2.05) is 32.9 Å². The molecule has 2 aromatic rings. The maximum absolute atomic E-state index is 12.9. The Morgan fingerprint density at radius 3 is 2.67 bits per heavy atom. The molecule has 3 rings (SSSR count). The van der Waals surface area contributed by atoms with Crippen molar-refractivity contribution < 1.29 is 18.6 Å². The van der Waals surface area contributed by atoms with E-state index in [4.69, 9.17) is 10.5 Å². The molecule has 0 spiro atoms. The number of pyridine rings is 2. The Hall–Kier alpha value is -2.68. The highest BCUT2D eigenvalue weighted by Gasteiger charge is 2.25. The number of alkyl carbamates (subject to hydrolysis) is 1. The normalized spacial score (nSPS) is 15.0. The molecule has 2 aromatic heterocycles. The molecule has 0 aromatic carbocycles. The van der Waals surface area contributed by atoms with E-state index in [0.29, 0.717) is 28.8 Å². The second-order valence-electron chi connectivity index (χ2n) is 8.20. The van der Waals surface area contributed by atoms with Crippen LogP contribution in [-0.4, -0.2) is 46.6 Å². The summed E-state index contributed by atoms with van der Waals surface area (Å²) in [6.07, 6.45) is 2.68. The highest BCUT2D eigenvalue weighted by Crippen LogP contribution is 2.22. The lowest BCUT2D eigenvalue weighted by Gasteiger charge is -2.33. The van der Waals surface area contributed by atoms with Crippen LogP contribution in [0.15, 0.2) is 34.9 Å². The third-order valence-electron chi connectivity index (χ3n) is 4.64. The fraction of sp³-hybridized carbons (Fsp3) is 0.429. The Bertz CT molecular complexity index is 951. The molecule has 0 unspecified atom stereocenters. The number of aromatic nitrogens is 2. The van der Waals surface area contributed by atoms with Gasteiger partial charge in [-0.15, -0.1) is 0 Å². The van der Waals surface area contributed by atoms with Gasteiger partial charge >= 0.3 is 6.09 Å². The highest BCUT2D eigenvalue weighted by atomic mass is 79.9. The van der Waals surface area contributed by atoms with Crippen molar-refractivity contribution in [3.05, 3.63) is 46.2 Å². The second kappa shape index (κ2) is 8.99. The number of ketones is 1. The minimum Gasteiger partial charge on any atom is -0.444 e. The standard InChI is InChI=1S/C21H26BrN5O3.3H2/c1-21(2,3)30-20(29)25-14-7-9-27(10-8-14)17-6-4-5-16(26-17)18(28)15-11-13(22)12-24-19(15)23;;;/h4-6,11-12,14H,7-10H2,1-3H3,(H2,23,24)(H,25,29);3*1H. The van der Waals surface area contributed by atoms with Gasteiger partial charge in [0.05, 0.1) is 5.56 Å². The maximum atomic E-state index is 12.9. The number of nitrogen functional groups attached to an aromatic ring is 1. The summed E-state index contributed by atoms with van der Waals surface area (Å²) in [6, 6.07) is 7.05. The molecule has 0 radical (unpaired) electrons. The molecule has 0 bridgehead atoms. The first-order valence-corrected chi connectivity index (χ1v) is 10.6. The topological polar surface area (TPSA) is 110 Å². The van der Waals surface area contributed by atoms with Crippen molar-refractivity contribution in [2.24, 2.45) is 0 Å². The van der Waals surface area contributed by atoms with Crippen molar-refractivity contribution in [2.45, 2.75) is 45.3 Å². The lowest BCUT2D eigenvalue weighted by Crippen LogP contribution is -2.46. The second-order valence-corrected chi connectivity index (χ2v) is 9.12. The summed E-state index contributed by atoms with van der Waals surface area (Å²) in [4.78, 5) is 35.5. The van der Waals surface area contributed by atoms with Crippen LogP contribution in [0.1, 0.15) is 53.9 Å². The van der Waals surface area contributed by atoms with Crippen LogP contribution in [-0.2, 0) is 4.74 Å². The number of nitrogens with two attached hydrogens (primary N) is 1. The number of ether oxygens (including phenoxy) is 1. The number of hydrogen-bond acceptors (Lipinski definition) is 7. The molecular weight excluding hydrogens is 450 g/mol. The Morgan fingerprint density at radius 1 is 1.30 bits per heavy atom. The summed E-state index contributed by atoms with van der Waals surface area (Å²) in [6.45, 7) is 6.95. The lowest BCUT2D eigenvalue weighted by atomic mass is 10.0. The summed E-state index contributed by atoms with van der Waals surface area (Å²) in [5.74, 6) is 0.618. The average Bonchev–Trinajstić information content (AvgIpc) is 2.68. The van der Waals surface area contributed by atoms with Crippen LogP contribution in [0, 0.1) is 0 Å². The van der Waals surface area contributed by atoms with Gasteiger partial charge in [0.1, 0.15) is 22.9 Å². The molecule has 0 saturated carbocycles. The van der Waals surface area contributed by atoms with Crippen molar-refractivity contribution in [1.82, 2.24) is 15.3 Å². The van der Waals surface area contributed by atoms with E-state index < -0.39 is 11.7 Å². The summed E-state index contributed by atoms with van der Waals surface area (Å²) in [7, 11) is 0. The Kier molecular flexibility index (Phi) is 6.60. The molecule has 0 atom stereocenters. The van der Waals surface area contributed by atoms with E-state index in [2.05, 4.69) is 36.1 Å². The summed E-state index contributed by atoms with van der Waals surface area (Å²) < 4.78 is 6.00. The molecule has 1 saturated heterocycles. The number of piperidine rings is 1. The van der Waals surface area contributed by atoms with Crippen LogP contribution in [0.5, 0.6) is 0 Å². The first-order valence-electron chi connectivity index (χ1n) is 9.79. The highest BCUT2D eigenvalue weighted by molar-refractivity contribution is 9.10. The molecule has 1 aliphatic heterocycles. The zero-order valence-electron chi connectivity index (χ0n) is 17.3. The van der Waals surface area contributed by atoms with Crippen molar-refractivity contribution in [2.75, 3.05) is 23.7 Å². The number of amides is 1. The van der Waals surface area contributed by atoms with Gasteiger partial charge in [0.2, 0.25) is 5.78 Å². The van der Waals surface area contributed by atoms with E-state index in [0.717, 1.165) is 18.7 Å². The van der Waals surface area contributed by atoms with E-state index in [1.54, 1.807) is 18.3 Å². The third-order valence-corrected chi connectivity index (χ3v) is 5.07. The first kappa shape index (κ1) is 22.0. The quantitative estimate of drug-likeness (QED) is 0.626. The molecule has 166 valence electrons. The van der Waals surface area contributed by atoms with Crippen LogP contribution in [0.3, 0.4) is 0 Å². The number of rotatable bonds is 4. The predicted octanol–water partition coefficient (Wildman–Crippen LogP) is 4.28.